The van der Waals surface area contributed by atoms with Crippen LogP contribution in [0.1, 0.15) is 60.3 Å². The van der Waals surface area contributed by atoms with Gasteiger partial charge in [0, 0.05) is 17.3 Å². The number of rotatable bonds is 3. The Labute approximate surface area is 193 Å². The summed E-state index contributed by atoms with van der Waals surface area (Å²) >= 11 is 0. The number of ketones is 2. The van der Waals surface area contributed by atoms with Crippen LogP contribution < -0.4 is 0 Å². The van der Waals surface area contributed by atoms with Gasteiger partial charge in [0.25, 0.3) is 0 Å². The first-order valence-electron chi connectivity index (χ1n) is 11.8. The van der Waals surface area contributed by atoms with Crippen LogP contribution >= 0.6 is 0 Å². The number of fused-ring (bicyclic) bond motifs is 5. The Morgan fingerprint density at radius 1 is 1.21 bits per heavy atom. The third-order valence-corrected chi connectivity index (χ3v) is 8.97. The molecule has 4 aliphatic carbocycles. The van der Waals surface area contributed by atoms with Gasteiger partial charge in [0.15, 0.2) is 17.2 Å². The van der Waals surface area contributed by atoms with Gasteiger partial charge in [-0.3, -0.25) is 14.4 Å². The molecule has 0 heterocycles. The highest BCUT2D eigenvalue weighted by Crippen LogP contribution is 2.69. The van der Waals surface area contributed by atoms with Crippen molar-refractivity contribution in [1.82, 2.24) is 0 Å². The number of aliphatic hydroxyl groups is 1. The SMILES string of the molecule is CC(C)(C)C(=O)OCC(=O)[C@H]1CCC2[C@@H]3C[C@H](F)C4=CC(=O)C=C[C@]4(C)[C@@]3(F)[C@@H](O)C[C@@]21C. The number of carbonyl (C=O) groups is 3. The molecule has 4 aliphatic rings. The van der Waals surface area contributed by atoms with Crippen LogP contribution in [-0.2, 0) is 19.1 Å². The Morgan fingerprint density at radius 2 is 1.88 bits per heavy atom. The molecule has 4 rings (SSSR count). The Kier molecular flexibility index (Phi) is 5.55. The van der Waals surface area contributed by atoms with E-state index in [0.29, 0.717) is 12.8 Å². The molecule has 0 amide bonds. The first-order chi connectivity index (χ1) is 15.2. The molecule has 0 aromatic carbocycles. The summed E-state index contributed by atoms with van der Waals surface area (Å²) in [5.41, 5.74) is -4.93. The lowest BCUT2D eigenvalue weighted by Gasteiger charge is -2.62. The molecule has 0 radical (unpaired) electrons. The van der Waals surface area contributed by atoms with Crippen molar-refractivity contribution in [2.45, 2.75) is 78.2 Å². The molecule has 3 fully saturated rings. The van der Waals surface area contributed by atoms with E-state index in [-0.39, 0.29) is 42.5 Å². The van der Waals surface area contributed by atoms with E-state index in [1.54, 1.807) is 27.7 Å². The molecule has 1 unspecified atom stereocenters. The van der Waals surface area contributed by atoms with Gasteiger partial charge < -0.3 is 9.84 Å². The Balaban J connectivity index is 1.63. The molecular formula is C26H34F2O5. The summed E-state index contributed by atoms with van der Waals surface area (Å²) in [5, 5.41) is 11.2. The van der Waals surface area contributed by atoms with Crippen molar-refractivity contribution in [1.29, 1.82) is 0 Å². The summed E-state index contributed by atoms with van der Waals surface area (Å²) in [7, 11) is 0. The number of aliphatic hydroxyl groups excluding tert-OH is 1. The predicted octanol–water partition coefficient (Wildman–Crippen LogP) is 4.08. The summed E-state index contributed by atoms with van der Waals surface area (Å²) in [4.78, 5) is 37.1. The van der Waals surface area contributed by atoms with Crippen molar-refractivity contribution in [2.75, 3.05) is 6.61 Å². The van der Waals surface area contributed by atoms with Gasteiger partial charge in [0.1, 0.15) is 12.8 Å². The molecule has 0 aromatic heterocycles. The molecule has 0 aliphatic heterocycles. The maximum Gasteiger partial charge on any atom is 0.311 e. The minimum atomic E-state index is -2.14. The topological polar surface area (TPSA) is 80.7 Å². The number of allylic oxidation sites excluding steroid dienone is 4. The lowest BCUT2D eigenvalue weighted by molar-refractivity contribution is -0.202. The summed E-state index contributed by atoms with van der Waals surface area (Å²) < 4.78 is 37.6. The van der Waals surface area contributed by atoms with Gasteiger partial charge in [-0.2, -0.15) is 0 Å². The second-order valence-corrected chi connectivity index (χ2v) is 11.9. The fourth-order valence-electron chi connectivity index (χ4n) is 7.18. The number of hydrogen-bond acceptors (Lipinski definition) is 5. The van der Waals surface area contributed by atoms with Crippen molar-refractivity contribution in [2.24, 2.45) is 34.0 Å². The number of hydrogen-bond donors (Lipinski definition) is 1. The van der Waals surface area contributed by atoms with Crippen LogP contribution in [-0.4, -0.2) is 47.2 Å². The minimum Gasteiger partial charge on any atom is -0.457 e. The zero-order valence-electron chi connectivity index (χ0n) is 20.0. The van der Waals surface area contributed by atoms with Gasteiger partial charge in [0.2, 0.25) is 0 Å². The fraction of sp³-hybridized carbons (Fsp3) is 0.731. The molecule has 1 N–H and O–H groups in total. The largest absolute Gasteiger partial charge is 0.457 e. The van der Waals surface area contributed by atoms with E-state index < -0.39 is 52.0 Å². The van der Waals surface area contributed by atoms with E-state index in [4.69, 9.17) is 4.74 Å². The van der Waals surface area contributed by atoms with E-state index in [9.17, 15) is 19.5 Å². The lowest BCUT2D eigenvalue weighted by Crippen LogP contribution is -2.68. The maximum atomic E-state index is 17.0. The smallest absolute Gasteiger partial charge is 0.311 e. The van der Waals surface area contributed by atoms with Gasteiger partial charge in [0.05, 0.1) is 11.5 Å². The Hall–Kier alpha value is -1.89. The normalized spacial score (nSPS) is 44.4. The summed E-state index contributed by atoms with van der Waals surface area (Å²) in [6, 6.07) is 0. The Bertz CT molecular complexity index is 949. The molecule has 0 bridgehead atoms. The van der Waals surface area contributed by atoms with Crippen LogP contribution in [0, 0.1) is 34.0 Å². The van der Waals surface area contributed by atoms with Crippen LogP contribution in [0.15, 0.2) is 23.8 Å². The van der Waals surface area contributed by atoms with Crippen LogP contribution in [0.3, 0.4) is 0 Å². The van der Waals surface area contributed by atoms with Crippen molar-refractivity contribution in [3.63, 3.8) is 0 Å². The van der Waals surface area contributed by atoms with E-state index in [1.165, 1.54) is 18.2 Å². The van der Waals surface area contributed by atoms with Crippen LogP contribution in [0.2, 0.25) is 0 Å². The van der Waals surface area contributed by atoms with Crippen LogP contribution in [0.25, 0.3) is 0 Å². The second-order valence-electron chi connectivity index (χ2n) is 11.9. The highest BCUT2D eigenvalue weighted by molar-refractivity contribution is 6.01. The molecule has 0 spiro atoms. The number of esters is 1. The predicted molar refractivity (Wildman–Crippen MR) is 118 cm³/mol. The average molecular weight is 465 g/mol. The maximum absolute atomic E-state index is 17.0. The third-order valence-electron chi connectivity index (χ3n) is 8.97. The molecule has 0 aromatic rings. The zero-order valence-corrected chi connectivity index (χ0v) is 20.0. The van der Waals surface area contributed by atoms with E-state index >= 15 is 8.78 Å². The van der Waals surface area contributed by atoms with Crippen LogP contribution in [0.5, 0.6) is 0 Å². The van der Waals surface area contributed by atoms with E-state index in [1.807, 2.05) is 6.92 Å². The summed E-state index contributed by atoms with van der Waals surface area (Å²) in [5.74, 6) is -2.68. The highest BCUT2D eigenvalue weighted by atomic mass is 19.1. The third kappa shape index (κ3) is 3.36. The van der Waals surface area contributed by atoms with Crippen molar-refractivity contribution in [3.05, 3.63) is 23.8 Å². The molecule has 33 heavy (non-hydrogen) atoms. The standard InChI is InChI=1S/C26H34F2O5/c1-23(2,3)22(32)33-13-20(30)16-7-6-15-17-11-19(27)18-10-14(29)8-9-25(18,5)26(17,28)21(31)12-24(15,16)4/h8-10,15-17,19,21,31H,6-7,11-13H2,1-5H3/t15?,16-,17+,19+,21+,24+,25+,26+/m1/s1. The molecule has 7 heteroatoms. The van der Waals surface area contributed by atoms with E-state index in [0.717, 1.165) is 0 Å². The van der Waals surface area contributed by atoms with Gasteiger partial charge >= 0.3 is 5.97 Å². The quantitative estimate of drug-likeness (QED) is 0.637. The molecule has 182 valence electrons. The van der Waals surface area contributed by atoms with E-state index in [2.05, 4.69) is 0 Å². The number of Topliss-reactive ketones (excluding diaryl/α,β-unsaturated/α-hetero) is 1. The van der Waals surface area contributed by atoms with Gasteiger partial charge in [-0.05, 0) is 82.4 Å². The molecule has 5 nitrogen and oxygen atoms in total. The van der Waals surface area contributed by atoms with Crippen molar-refractivity contribution >= 4 is 17.5 Å². The Morgan fingerprint density at radius 3 is 2.52 bits per heavy atom. The number of halogens is 2. The number of ether oxygens (including phenoxy) is 1. The average Bonchev–Trinajstić information content (AvgIpc) is 3.05. The molecule has 3 saturated carbocycles. The summed E-state index contributed by atoms with van der Waals surface area (Å²) in [6.07, 6.45) is 1.87. The second kappa shape index (κ2) is 7.56. The zero-order chi connectivity index (χ0) is 24.6. The van der Waals surface area contributed by atoms with Crippen molar-refractivity contribution in [3.8, 4) is 0 Å². The van der Waals surface area contributed by atoms with Gasteiger partial charge in [-0.15, -0.1) is 0 Å². The molecule has 8 atom stereocenters. The molecular weight excluding hydrogens is 430 g/mol. The summed E-state index contributed by atoms with van der Waals surface area (Å²) in [6.45, 7) is 8.21. The number of carbonyl (C=O) groups excluding carboxylic acids is 3. The van der Waals surface area contributed by atoms with Gasteiger partial charge in [-0.1, -0.05) is 13.0 Å². The first kappa shape index (κ1) is 24.2. The minimum absolute atomic E-state index is 0.0515. The fourth-order valence-corrected chi connectivity index (χ4v) is 7.18. The van der Waals surface area contributed by atoms with Crippen LogP contribution in [0.4, 0.5) is 8.78 Å². The number of alkyl halides is 2. The highest BCUT2D eigenvalue weighted by Gasteiger charge is 2.72. The molecule has 0 saturated heterocycles. The lowest BCUT2D eigenvalue weighted by atomic mass is 9.45. The van der Waals surface area contributed by atoms with Gasteiger partial charge in [-0.25, -0.2) is 8.78 Å². The first-order valence-corrected chi connectivity index (χ1v) is 11.8. The van der Waals surface area contributed by atoms with Crippen molar-refractivity contribution < 1.29 is 33.0 Å². The monoisotopic (exact) mass is 464 g/mol.